The van der Waals surface area contributed by atoms with Gasteiger partial charge in [0, 0.05) is 6.04 Å². The molecule has 1 atom stereocenters. The summed E-state index contributed by atoms with van der Waals surface area (Å²) in [7, 11) is 1.48. The van der Waals surface area contributed by atoms with Gasteiger partial charge in [-0.25, -0.2) is 9.59 Å². The van der Waals surface area contributed by atoms with E-state index in [1.807, 2.05) is 0 Å². The average molecular weight is 431 g/mol. The van der Waals surface area contributed by atoms with Crippen molar-refractivity contribution in [2.75, 3.05) is 13.7 Å². The number of esters is 1. The number of hydrogen-bond acceptors (Lipinski definition) is 6. The predicted octanol–water partition coefficient (Wildman–Crippen LogP) is 2.64. The van der Waals surface area contributed by atoms with E-state index in [4.69, 9.17) is 14.2 Å². The summed E-state index contributed by atoms with van der Waals surface area (Å²) in [4.78, 5) is 35.8. The third-order valence-corrected chi connectivity index (χ3v) is 3.65. The first-order valence-electron chi connectivity index (χ1n) is 8.02. The van der Waals surface area contributed by atoms with Gasteiger partial charge in [-0.3, -0.25) is 10.1 Å². The zero-order valence-corrected chi connectivity index (χ0v) is 16.9. The average Bonchev–Trinajstić information content (AvgIpc) is 2.53. The van der Waals surface area contributed by atoms with Crippen LogP contribution in [0.5, 0.6) is 11.5 Å². The smallest absolute Gasteiger partial charge is 0.339 e. The molecule has 26 heavy (non-hydrogen) atoms. The zero-order chi connectivity index (χ0) is 19.9. The molecule has 0 spiro atoms. The van der Waals surface area contributed by atoms with Crippen LogP contribution in [0.4, 0.5) is 4.79 Å². The quantitative estimate of drug-likeness (QED) is 0.644. The van der Waals surface area contributed by atoms with E-state index in [9.17, 15) is 14.4 Å². The summed E-state index contributed by atoms with van der Waals surface area (Å²) >= 11 is 3.30. The molecule has 1 rings (SSSR count). The number of benzene rings is 1. The van der Waals surface area contributed by atoms with Gasteiger partial charge < -0.3 is 19.5 Å². The summed E-state index contributed by atoms with van der Waals surface area (Å²) in [6.07, 6.45) is -1.16. The molecule has 0 aliphatic heterocycles. The van der Waals surface area contributed by atoms with Crippen molar-refractivity contribution in [3.8, 4) is 11.5 Å². The number of urea groups is 1. The fourth-order valence-corrected chi connectivity index (χ4v) is 2.54. The molecule has 0 saturated heterocycles. The van der Waals surface area contributed by atoms with Gasteiger partial charge in [-0.2, -0.15) is 0 Å². The highest BCUT2D eigenvalue weighted by Gasteiger charge is 2.23. The highest BCUT2D eigenvalue weighted by molar-refractivity contribution is 9.10. The van der Waals surface area contributed by atoms with Crippen molar-refractivity contribution in [1.82, 2.24) is 10.6 Å². The lowest BCUT2D eigenvalue weighted by molar-refractivity contribution is -0.127. The Hall–Kier alpha value is -2.29. The van der Waals surface area contributed by atoms with Gasteiger partial charge in [0.2, 0.25) is 0 Å². The van der Waals surface area contributed by atoms with E-state index in [-0.39, 0.29) is 11.6 Å². The van der Waals surface area contributed by atoms with Crippen molar-refractivity contribution in [2.24, 2.45) is 0 Å². The number of halogens is 1. The van der Waals surface area contributed by atoms with Crippen molar-refractivity contribution in [1.29, 1.82) is 0 Å². The molecule has 0 aliphatic carbocycles. The van der Waals surface area contributed by atoms with Crippen LogP contribution < -0.4 is 20.1 Å². The fraction of sp³-hybridized carbons (Fsp3) is 0.471. The number of methoxy groups -OCH3 is 1. The molecule has 0 heterocycles. The summed E-state index contributed by atoms with van der Waals surface area (Å²) in [5, 5.41) is 4.62. The van der Waals surface area contributed by atoms with E-state index in [1.165, 1.54) is 26.2 Å². The molecule has 2 N–H and O–H groups in total. The summed E-state index contributed by atoms with van der Waals surface area (Å²) in [5.41, 5.74) is 0.174. The molecule has 1 aromatic rings. The monoisotopic (exact) mass is 430 g/mol. The Bertz CT molecular complexity index is 677. The lowest BCUT2D eigenvalue weighted by Gasteiger charge is -2.16. The van der Waals surface area contributed by atoms with Crippen LogP contribution in [0.3, 0.4) is 0 Å². The molecular formula is C17H23BrN2O6. The minimum Gasteiger partial charge on any atom is -0.492 e. The van der Waals surface area contributed by atoms with Gasteiger partial charge >= 0.3 is 12.0 Å². The van der Waals surface area contributed by atoms with Crippen LogP contribution in [-0.2, 0) is 9.53 Å². The van der Waals surface area contributed by atoms with Crippen molar-refractivity contribution in [3.63, 3.8) is 0 Å². The van der Waals surface area contributed by atoms with E-state index in [0.29, 0.717) is 22.6 Å². The van der Waals surface area contributed by atoms with E-state index in [2.05, 4.69) is 26.6 Å². The molecule has 0 saturated carbocycles. The maximum absolute atomic E-state index is 12.3. The van der Waals surface area contributed by atoms with Gasteiger partial charge in [-0.15, -0.1) is 0 Å². The van der Waals surface area contributed by atoms with E-state index in [1.54, 1.807) is 20.8 Å². The molecule has 144 valence electrons. The number of carbonyl (C=O) groups excluding carboxylic acids is 3. The van der Waals surface area contributed by atoms with E-state index < -0.39 is 24.0 Å². The molecule has 9 heteroatoms. The number of ether oxygens (including phenoxy) is 3. The SMILES string of the molecule is CCOc1cc(C(=O)OC(C)C(=O)NC(=O)NC(C)C)cc(Br)c1OC. The Kier molecular flexibility index (Phi) is 8.37. The van der Waals surface area contributed by atoms with Crippen molar-refractivity contribution in [2.45, 2.75) is 39.8 Å². The lowest BCUT2D eigenvalue weighted by Crippen LogP contribution is -2.46. The van der Waals surface area contributed by atoms with Crippen LogP contribution in [0.2, 0.25) is 0 Å². The largest absolute Gasteiger partial charge is 0.492 e. The molecule has 3 amide bonds. The van der Waals surface area contributed by atoms with Crippen LogP contribution in [-0.4, -0.2) is 43.8 Å². The van der Waals surface area contributed by atoms with Gasteiger partial charge in [0.15, 0.2) is 17.6 Å². The molecule has 1 unspecified atom stereocenters. The second-order valence-electron chi connectivity index (χ2n) is 5.59. The van der Waals surface area contributed by atoms with E-state index >= 15 is 0 Å². The van der Waals surface area contributed by atoms with Crippen molar-refractivity contribution in [3.05, 3.63) is 22.2 Å². The third-order valence-electron chi connectivity index (χ3n) is 3.06. The minimum atomic E-state index is -1.16. The van der Waals surface area contributed by atoms with Crippen molar-refractivity contribution < 1.29 is 28.6 Å². The second-order valence-corrected chi connectivity index (χ2v) is 6.44. The third kappa shape index (κ3) is 6.21. The Morgan fingerprint density at radius 2 is 1.85 bits per heavy atom. The molecule has 0 fully saturated rings. The fourth-order valence-electron chi connectivity index (χ4n) is 1.94. The topological polar surface area (TPSA) is 103 Å². The van der Waals surface area contributed by atoms with Crippen LogP contribution in [0.25, 0.3) is 0 Å². The maximum Gasteiger partial charge on any atom is 0.339 e. The van der Waals surface area contributed by atoms with Crippen LogP contribution >= 0.6 is 15.9 Å². The van der Waals surface area contributed by atoms with E-state index in [0.717, 1.165) is 0 Å². The molecule has 0 aliphatic rings. The van der Waals surface area contributed by atoms with Crippen LogP contribution in [0.15, 0.2) is 16.6 Å². The Balaban J connectivity index is 2.83. The maximum atomic E-state index is 12.3. The predicted molar refractivity (Wildman–Crippen MR) is 98.6 cm³/mol. The number of amides is 3. The first kappa shape index (κ1) is 21.8. The molecule has 0 radical (unpaired) electrons. The Morgan fingerprint density at radius 1 is 1.19 bits per heavy atom. The highest BCUT2D eigenvalue weighted by atomic mass is 79.9. The van der Waals surface area contributed by atoms with Gasteiger partial charge in [-0.1, -0.05) is 0 Å². The summed E-state index contributed by atoms with van der Waals surface area (Å²) in [6, 6.07) is 2.18. The standard InChI is InChI=1S/C17H23BrN2O6/c1-6-25-13-8-11(7-12(18)14(13)24-5)16(22)26-10(4)15(21)20-17(23)19-9(2)3/h7-10H,6H2,1-5H3,(H2,19,20,21,23). The Labute approximate surface area is 160 Å². The number of hydrogen-bond donors (Lipinski definition) is 2. The molecular weight excluding hydrogens is 408 g/mol. The molecule has 0 aromatic heterocycles. The van der Waals surface area contributed by atoms with Crippen LogP contribution in [0.1, 0.15) is 38.1 Å². The van der Waals surface area contributed by atoms with Crippen molar-refractivity contribution >= 4 is 33.8 Å². The minimum absolute atomic E-state index is 0.130. The molecule has 1 aromatic carbocycles. The second kappa shape index (κ2) is 10.0. The normalized spacial score (nSPS) is 11.5. The first-order chi connectivity index (χ1) is 12.2. The van der Waals surface area contributed by atoms with Gasteiger partial charge in [0.05, 0.1) is 23.8 Å². The molecule has 0 bridgehead atoms. The Morgan fingerprint density at radius 3 is 2.38 bits per heavy atom. The first-order valence-corrected chi connectivity index (χ1v) is 8.81. The highest BCUT2D eigenvalue weighted by Crippen LogP contribution is 2.36. The molecule has 8 nitrogen and oxygen atoms in total. The summed E-state index contributed by atoms with van der Waals surface area (Å²) in [5.74, 6) is -0.653. The number of nitrogens with one attached hydrogen (secondary N) is 2. The summed E-state index contributed by atoms with van der Waals surface area (Å²) < 4.78 is 16.3. The number of rotatable bonds is 7. The number of imide groups is 1. The van der Waals surface area contributed by atoms with Gasteiger partial charge in [0.25, 0.3) is 5.91 Å². The summed E-state index contributed by atoms with van der Waals surface area (Å²) in [6.45, 7) is 7.06. The van der Waals surface area contributed by atoms with Crippen LogP contribution in [0, 0.1) is 0 Å². The van der Waals surface area contributed by atoms with Gasteiger partial charge in [-0.05, 0) is 55.8 Å². The number of carbonyl (C=O) groups is 3. The zero-order valence-electron chi connectivity index (χ0n) is 15.3. The lowest BCUT2D eigenvalue weighted by atomic mass is 10.2. The van der Waals surface area contributed by atoms with Gasteiger partial charge in [0.1, 0.15) is 0 Å².